The van der Waals surface area contributed by atoms with E-state index in [-0.39, 0.29) is 30.5 Å². The zero-order valence-electron chi connectivity index (χ0n) is 20.1. The summed E-state index contributed by atoms with van der Waals surface area (Å²) >= 11 is 6.11. The largest absolute Gasteiger partial charge is 0.465 e. The van der Waals surface area contributed by atoms with Crippen LogP contribution in [0.3, 0.4) is 0 Å². The van der Waals surface area contributed by atoms with Gasteiger partial charge < -0.3 is 4.74 Å². The Bertz CT molecular complexity index is 1080. The summed E-state index contributed by atoms with van der Waals surface area (Å²) < 4.78 is 5.27. The van der Waals surface area contributed by atoms with E-state index in [4.69, 9.17) is 21.4 Å². The molecule has 2 aliphatic heterocycles. The molecule has 0 radical (unpaired) electrons. The number of piperidine rings is 1. The number of ether oxygens (including phenoxy) is 1. The predicted molar refractivity (Wildman–Crippen MR) is 134 cm³/mol. The molecule has 0 bridgehead atoms. The van der Waals surface area contributed by atoms with Gasteiger partial charge in [-0.15, -0.1) is 0 Å². The van der Waals surface area contributed by atoms with Crippen molar-refractivity contribution in [1.29, 1.82) is 0 Å². The number of carbonyl (C=O) groups is 2. The highest BCUT2D eigenvalue weighted by molar-refractivity contribution is 6.30. The molecule has 1 amide bonds. The Morgan fingerprint density at radius 2 is 1.85 bits per heavy atom. The van der Waals surface area contributed by atoms with Crippen LogP contribution in [0.5, 0.6) is 0 Å². The maximum absolute atomic E-state index is 13.6. The molecule has 2 aromatic rings. The standard InChI is InChI=1S/C27H32ClN3O3/c1-4-34-27(33)24-7-5-6-14-30(24)17-26(32)31-25(20-10-12-22(28)13-11-20)16-23(29-31)21-9-8-18(2)19(3)15-21/h8-13,15,24-25H,4-7,14,16-17H2,1-3H3/t24-,25-/m1/s1. The summed E-state index contributed by atoms with van der Waals surface area (Å²) in [6, 6.07) is 13.3. The molecule has 34 heavy (non-hydrogen) atoms. The van der Waals surface area contributed by atoms with E-state index < -0.39 is 0 Å². The number of carbonyl (C=O) groups excluding carboxylic acids is 2. The molecule has 7 heteroatoms. The van der Waals surface area contributed by atoms with Gasteiger partial charge in [0.2, 0.25) is 0 Å². The minimum Gasteiger partial charge on any atom is -0.465 e. The first-order valence-electron chi connectivity index (χ1n) is 12.0. The lowest BCUT2D eigenvalue weighted by Gasteiger charge is -2.34. The molecule has 2 heterocycles. The summed E-state index contributed by atoms with van der Waals surface area (Å²) in [6.07, 6.45) is 3.25. The number of hydrogen-bond donors (Lipinski definition) is 0. The Morgan fingerprint density at radius 3 is 2.56 bits per heavy atom. The fraction of sp³-hybridized carbons (Fsp3) is 0.444. The van der Waals surface area contributed by atoms with Gasteiger partial charge in [-0.3, -0.25) is 14.5 Å². The van der Waals surface area contributed by atoms with E-state index in [0.717, 1.165) is 29.7 Å². The number of esters is 1. The smallest absolute Gasteiger partial charge is 0.323 e. The first-order chi connectivity index (χ1) is 16.4. The second-order valence-corrected chi connectivity index (χ2v) is 9.53. The third-order valence-corrected chi connectivity index (χ3v) is 7.02. The first-order valence-corrected chi connectivity index (χ1v) is 12.4. The summed E-state index contributed by atoms with van der Waals surface area (Å²) in [6.45, 7) is 7.14. The van der Waals surface area contributed by atoms with Gasteiger partial charge >= 0.3 is 5.97 Å². The number of benzene rings is 2. The number of rotatable bonds is 6. The first kappa shape index (κ1) is 24.4. The van der Waals surface area contributed by atoms with Crippen LogP contribution in [0.25, 0.3) is 0 Å². The number of nitrogens with zero attached hydrogens (tertiary/aromatic N) is 3. The van der Waals surface area contributed by atoms with Crippen LogP contribution in [0, 0.1) is 13.8 Å². The molecule has 0 spiro atoms. The molecule has 1 saturated heterocycles. The van der Waals surface area contributed by atoms with E-state index in [2.05, 4.69) is 32.0 Å². The maximum Gasteiger partial charge on any atom is 0.323 e. The lowest BCUT2D eigenvalue weighted by Crippen LogP contribution is -2.49. The van der Waals surface area contributed by atoms with Gasteiger partial charge in [0.25, 0.3) is 5.91 Å². The fourth-order valence-corrected chi connectivity index (χ4v) is 4.84. The summed E-state index contributed by atoms with van der Waals surface area (Å²) in [5.41, 5.74) is 5.32. The zero-order chi connectivity index (χ0) is 24.2. The highest BCUT2D eigenvalue weighted by Crippen LogP contribution is 2.34. The normalized spacial score (nSPS) is 20.8. The molecule has 2 aromatic carbocycles. The molecule has 0 unspecified atom stereocenters. The van der Waals surface area contributed by atoms with Crippen LogP contribution in [0.2, 0.25) is 5.02 Å². The summed E-state index contributed by atoms with van der Waals surface area (Å²) in [5, 5.41) is 7.06. The lowest BCUT2D eigenvalue weighted by atomic mass is 9.96. The molecule has 2 aliphatic rings. The van der Waals surface area contributed by atoms with Crippen molar-refractivity contribution in [3.8, 4) is 0 Å². The second kappa shape index (κ2) is 10.7. The van der Waals surface area contributed by atoms with E-state index in [0.29, 0.717) is 31.0 Å². The number of hydrazone groups is 1. The summed E-state index contributed by atoms with van der Waals surface area (Å²) in [4.78, 5) is 28.0. The summed E-state index contributed by atoms with van der Waals surface area (Å²) in [7, 11) is 0. The maximum atomic E-state index is 13.6. The van der Waals surface area contributed by atoms with Gasteiger partial charge in [-0.1, -0.05) is 42.3 Å². The van der Waals surface area contributed by atoms with Crippen LogP contribution >= 0.6 is 11.6 Å². The van der Waals surface area contributed by atoms with Crippen LogP contribution in [0.1, 0.15) is 60.9 Å². The lowest BCUT2D eigenvalue weighted by molar-refractivity contribution is -0.152. The van der Waals surface area contributed by atoms with Crippen molar-refractivity contribution in [3.05, 3.63) is 69.7 Å². The minimum atomic E-state index is -0.377. The Hall–Kier alpha value is -2.70. The molecule has 0 aromatic heterocycles. The predicted octanol–water partition coefficient (Wildman–Crippen LogP) is 5.05. The number of amides is 1. The molecule has 4 rings (SSSR count). The quantitative estimate of drug-likeness (QED) is 0.541. The molecule has 180 valence electrons. The number of hydrogen-bond acceptors (Lipinski definition) is 5. The third-order valence-electron chi connectivity index (χ3n) is 6.77. The van der Waals surface area contributed by atoms with Crippen molar-refractivity contribution in [2.75, 3.05) is 19.7 Å². The minimum absolute atomic E-state index is 0.116. The second-order valence-electron chi connectivity index (χ2n) is 9.09. The van der Waals surface area contributed by atoms with E-state index >= 15 is 0 Å². The van der Waals surface area contributed by atoms with Crippen molar-refractivity contribution in [1.82, 2.24) is 9.91 Å². The van der Waals surface area contributed by atoms with E-state index in [1.165, 1.54) is 11.1 Å². The van der Waals surface area contributed by atoms with Crippen LogP contribution in [0.4, 0.5) is 0 Å². The van der Waals surface area contributed by atoms with Crippen LogP contribution in [0.15, 0.2) is 47.6 Å². The van der Waals surface area contributed by atoms with E-state index in [1.807, 2.05) is 29.2 Å². The Kier molecular flexibility index (Phi) is 7.69. The molecule has 2 atom stereocenters. The van der Waals surface area contributed by atoms with E-state index in [1.54, 1.807) is 11.9 Å². The Balaban J connectivity index is 1.61. The van der Waals surface area contributed by atoms with Gasteiger partial charge in [-0.05, 0) is 80.6 Å². The monoisotopic (exact) mass is 481 g/mol. The van der Waals surface area contributed by atoms with Gasteiger partial charge in [0.1, 0.15) is 6.04 Å². The van der Waals surface area contributed by atoms with Gasteiger partial charge in [0.15, 0.2) is 0 Å². The van der Waals surface area contributed by atoms with Crippen molar-refractivity contribution < 1.29 is 14.3 Å². The Morgan fingerprint density at radius 1 is 1.09 bits per heavy atom. The average Bonchev–Trinajstić information content (AvgIpc) is 3.27. The van der Waals surface area contributed by atoms with Gasteiger partial charge in [0.05, 0.1) is 24.9 Å². The van der Waals surface area contributed by atoms with Crippen LogP contribution in [-0.4, -0.2) is 53.2 Å². The molecule has 0 N–H and O–H groups in total. The molecule has 1 fully saturated rings. The summed E-state index contributed by atoms with van der Waals surface area (Å²) in [5.74, 6) is -0.361. The fourth-order valence-electron chi connectivity index (χ4n) is 4.71. The van der Waals surface area contributed by atoms with Gasteiger partial charge in [0, 0.05) is 11.4 Å². The topological polar surface area (TPSA) is 62.2 Å². The van der Waals surface area contributed by atoms with Crippen molar-refractivity contribution >= 4 is 29.2 Å². The zero-order valence-corrected chi connectivity index (χ0v) is 20.8. The molecular formula is C27H32ClN3O3. The van der Waals surface area contributed by atoms with Crippen molar-refractivity contribution in [3.63, 3.8) is 0 Å². The molecule has 0 aliphatic carbocycles. The van der Waals surface area contributed by atoms with Crippen molar-refractivity contribution in [2.45, 2.75) is 58.5 Å². The number of halogens is 1. The highest BCUT2D eigenvalue weighted by atomic mass is 35.5. The van der Waals surface area contributed by atoms with E-state index in [9.17, 15) is 9.59 Å². The highest BCUT2D eigenvalue weighted by Gasteiger charge is 2.37. The van der Waals surface area contributed by atoms with Crippen molar-refractivity contribution in [2.24, 2.45) is 5.10 Å². The third kappa shape index (κ3) is 5.34. The Labute approximate surface area is 206 Å². The van der Waals surface area contributed by atoms with Gasteiger partial charge in [-0.2, -0.15) is 5.10 Å². The average molecular weight is 482 g/mol. The van der Waals surface area contributed by atoms with Gasteiger partial charge in [-0.25, -0.2) is 5.01 Å². The SMILES string of the molecule is CCOC(=O)[C@H]1CCCCN1CC(=O)N1N=C(c2ccc(C)c(C)c2)C[C@@H]1c1ccc(Cl)cc1. The number of aryl methyl sites for hydroxylation is 2. The van der Waals surface area contributed by atoms with Crippen LogP contribution in [-0.2, 0) is 14.3 Å². The molecular weight excluding hydrogens is 450 g/mol. The molecule has 6 nitrogen and oxygen atoms in total. The molecule has 0 saturated carbocycles. The van der Waals surface area contributed by atoms with Crippen LogP contribution < -0.4 is 0 Å². The number of likely N-dealkylation sites (tertiary alicyclic amines) is 1.